The second kappa shape index (κ2) is 16.2. The van der Waals surface area contributed by atoms with Gasteiger partial charge < -0.3 is 4.74 Å². The molecule has 1 aromatic carbocycles. The van der Waals surface area contributed by atoms with E-state index in [0.29, 0.717) is 6.61 Å². The highest BCUT2D eigenvalue weighted by atomic mass is 16.5. The van der Waals surface area contributed by atoms with Gasteiger partial charge in [0.1, 0.15) is 0 Å². The van der Waals surface area contributed by atoms with Crippen molar-refractivity contribution in [3.63, 3.8) is 0 Å². The van der Waals surface area contributed by atoms with Crippen molar-refractivity contribution in [2.75, 3.05) is 6.61 Å². The summed E-state index contributed by atoms with van der Waals surface area (Å²) in [5.41, 5.74) is 1.17. The minimum atomic E-state index is -0.330. The molecule has 0 N–H and O–H groups in total. The zero-order chi connectivity index (χ0) is 16.5. The van der Waals surface area contributed by atoms with Crippen LogP contribution in [0.2, 0.25) is 0 Å². The Morgan fingerprint density at radius 2 is 1.71 bits per heavy atom. The van der Waals surface area contributed by atoms with E-state index in [9.17, 15) is 4.79 Å². The van der Waals surface area contributed by atoms with Crippen molar-refractivity contribution in [3.05, 3.63) is 55.1 Å². The van der Waals surface area contributed by atoms with Gasteiger partial charge in [-0.1, -0.05) is 83.7 Å². The van der Waals surface area contributed by atoms with E-state index >= 15 is 0 Å². The third kappa shape index (κ3) is 20.6. The molecular formula is C19H30O2. The van der Waals surface area contributed by atoms with E-state index in [-0.39, 0.29) is 5.97 Å². The Hall–Kier alpha value is -1.83. The fourth-order valence-corrected chi connectivity index (χ4v) is 0.965. The summed E-state index contributed by atoms with van der Waals surface area (Å²) in [7, 11) is 0. The quantitative estimate of drug-likeness (QED) is 0.406. The minimum Gasteiger partial charge on any atom is -0.463 e. The second-order valence-electron chi connectivity index (χ2n) is 5.07. The fourth-order valence-electron chi connectivity index (χ4n) is 0.965. The maximum absolute atomic E-state index is 10.3. The van der Waals surface area contributed by atoms with Gasteiger partial charge in [0.15, 0.2) is 0 Å². The van der Waals surface area contributed by atoms with Gasteiger partial charge in [0.2, 0.25) is 0 Å². The number of hydrogen-bond donors (Lipinski definition) is 0. The minimum absolute atomic E-state index is 0.330. The molecular weight excluding hydrogens is 260 g/mol. The van der Waals surface area contributed by atoms with Gasteiger partial charge in [-0.3, -0.25) is 0 Å². The van der Waals surface area contributed by atoms with Crippen molar-refractivity contribution in [2.24, 2.45) is 5.92 Å². The van der Waals surface area contributed by atoms with Crippen LogP contribution in [0.4, 0.5) is 0 Å². The molecule has 1 aromatic rings. The van der Waals surface area contributed by atoms with Gasteiger partial charge in [0.05, 0.1) is 6.61 Å². The SMILES string of the molecule is C=CC(=O)OCCCC.C=Cc1ccccc1.CC(C)C. The van der Waals surface area contributed by atoms with E-state index in [0.717, 1.165) is 18.8 Å². The molecule has 0 heterocycles. The lowest BCUT2D eigenvalue weighted by Gasteiger charge is -1.97. The van der Waals surface area contributed by atoms with Crippen LogP contribution in [0.15, 0.2) is 49.6 Å². The molecule has 0 atom stereocenters. The summed E-state index contributed by atoms with van der Waals surface area (Å²) in [6, 6.07) is 10.0. The predicted octanol–water partition coefficient (Wildman–Crippen LogP) is 5.51. The molecule has 0 aliphatic heterocycles. The molecule has 2 nitrogen and oxygen atoms in total. The zero-order valence-electron chi connectivity index (χ0n) is 14.0. The lowest BCUT2D eigenvalue weighted by atomic mass is 10.2. The van der Waals surface area contributed by atoms with Crippen molar-refractivity contribution in [3.8, 4) is 0 Å². The van der Waals surface area contributed by atoms with Gasteiger partial charge in [-0.2, -0.15) is 0 Å². The van der Waals surface area contributed by atoms with Crippen molar-refractivity contribution < 1.29 is 9.53 Å². The highest BCUT2D eigenvalue weighted by Gasteiger charge is 1.91. The van der Waals surface area contributed by atoms with Crippen LogP contribution in [-0.4, -0.2) is 12.6 Å². The first-order chi connectivity index (χ1) is 9.97. The van der Waals surface area contributed by atoms with Crippen molar-refractivity contribution >= 4 is 12.0 Å². The van der Waals surface area contributed by atoms with Gasteiger partial charge >= 0.3 is 5.97 Å². The van der Waals surface area contributed by atoms with E-state index in [1.54, 1.807) is 0 Å². The number of ether oxygens (including phenoxy) is 1. The summed E-state index contributed by atoms with van der Waals surface area (Å²) < 4.78 is 4.67. The number of carbonyl (C=O) groups excluding carboxylic acids is 1. The number of unbranched alkanes of at least 4 members (excludes halogenated alkanes) is 1. The first kappa shape index (κ1) is 21.5. The Morgan fingerprint density at radius 3 is 2.05 bits per heavy atom. The standard InChI is InChI=1S/C8H8.C7H12O2.C4H10/c1-2-8-6-4-3-5-7-8;1-3-5-6-9-7(8)4-2;1-4(2)3/h2-7H,1H2;4H,2-3,5-6H2,1H3;4H,1-3H3. The summed E-state index contributed by atoms with van der Waals surface area (Å²) in [6.07, 6.45) is 4.99. The first-order valence-corrected chi connectivity index (χ1v) is 7.44. The van der Waals surface area contributed by atoms with E-state index in [4.69, 9.17) is 0 Å². The molecule has 0 aliphatic rings. The Morgan fingerprint density at radius 1 is 1.19 bits per heavy atom. The molecule has 0 unspecified atom stereocenters. The Bertz CT molecular complexity index is 364. The van der Waals surface area contributed by atoms with Crippen LogP contribution in [-0.2, 0) is 9.53 Å². The molecule has 0 bridgehead atoms. The molecule has 0 aromatic heterocycles. The smallest absolute Gasteiger partial charge is 0.330 e. The highest BCUT2D eigenvalue weighted by molar-refractivity contribution is 5.81. The van der Waals surface area contributed by atoms with Gasteiger partial charge in [-0.25, -0.2) is 4.79 Å². The molecule has 2 heteroatoms. The third-order valence-electron chi connectivity index (χ3n) is 1.94. The Balaban J connectivity index is 0. The average Bonchev–Trinajstić information content (AvgIpc) is 2.48. The summed E-state index contributed by atoms with van der Waals surface area (Å²) in [5, 5.41) is 0. The molecule has 0 saturated heterocycles. The molecule has 0 spiro atoms. The summed E-state index contributed by atoms with van der Waals surface area (Å²) in [6.45, 7) is 16.0. The fraction of sp³-hybridized carbons (Fsp3) is 0.421. The van der Waals surface area contributed by atoms with Crippen LogP contribution >= 0.6 is 0 Å². The molecule has 118 valence electrons. The topological polar surface area (TPSA) is 26.3 Å². The molecule has 1 rings (SSSR count). The van der Waals surface area contributed by atoms with Crippen molar-refractivity contribution in [2.45, 2.75) is 40.5 Å². The van der Waals surface area contributed by atoms with Crippen molar-refractivity contribution in [1.82, 2.24) is 0 Å². The normalized spacial score (nSPS) is 8.62. The van der Waals surface area contributed by atoms with Crippen LogP contribution in [0.3, 0.4) is 0 Å². The number of hydrogen-bond acceptors (Lipinski definition) is 2. The van der Waals surface area contributed by atoms with Crippen LogP contribution in [0.1, 0.15) is 46.1 Å². The van der Waals surface area contributed by atoms with Gasteiger partial charge in [-0.15, -0.1) is 0 Å². The predicted molar refractivity (Wildman–Crippen MR) is 93.1 cm³/mol. The van der Waals surface area contributed by atoms with Gasteiger partial charge in [0.25, 0.3) is 0 Å². The lowest BCUT2D eigenvalue weighted by Crippen LogP contribution is -2.00. The largest absolute Gasteiger partial charge is 0.463 e. The molecule has 0 amide bonds. The number of benzene rings is 1. The zero-order valence-corrected chi connectivity index (χ0v) is 14.0. The Labute approximate surface area is 130 Å². The van der Waals surface area contributed by atoms with Gasteiger partial charge in [-0.05, 0) is 17.9 Å². The maximum Gasteiger partial charge on any atom is 0.330 e. The number of carbonyl (C=O) groups is 1. The maximum atomic E-state index is 10.3. The van der Waals surface area contributed by atoms with E-state index in [1.165, 1.54) is 11.6 Å². The Kier molecular flexibility index (Phi) is 16.6. The lowest BCUT2D eigenvalue weighted by molar-refractivity contribution is -0.137. The average molecular weight is 290 g/mol. The summed E-state index contributed by atoms with van der Waals surface area (Å²) in [4.78, 5) is 10.3. The van der Waals surface area contributed by atoms with Crippen LogP contribution < -0.4 is 0 Å². The van der Waals surface area contributed by atoms with E-state index in [1.807, 2.05) is 43.3 Å². The molecule has 0 saturated carbocycles. The van der Waals surface area contributed by atoms with Crippen LogP contribution in [0.25, 0.3) is 6.08 Å². The molecule has 0 radical (unpaired) electrons. The molecule has 0 fully saturated rings. The first-order valence-electron chi connectivity index (χ1n) is 7.44. The van der Waals surface area contributed by atoms with E-state index < -0.39 is 0 Å². The van der Waals surface area contributed by atoms with Gasteiger partial charge in [0, 0.05) is 6.08 Å². The summed E-state index contributed by atoms with van der Waals surface area (Å²) in [5.74, 6) is 0.503. The highest BCUT2D eigenvalue weighted by Crippen LogP contribution is 1.97. The second-order valence-corrected chi connectivity index (χ2v) is 5.07. The summed E-state index contributed by atoms with van der Waals surface area (Å²) >= 11 is 0. The number of esters is 1. The molecule has 21 heavy (non-hydrogen) atoms. The van der Waals surface area contributed by atoms with Crippen molar-refractivity contribution in [1.29, 1.82) is 0 Å². The van der Waals surface area contributed by atoms with E-state index in [2.05, 4.69) is 38.7 Å². The number of rotatable bonds is 5. The van der Waals surface area contributed by atoms with Crippen LogP contribution in [0.5, 0.6) is 0 Å². The monoisotopic (exact) mass is 290 g/mol. The third-order valence-corrected chi connectivity index (χ3v) is 1.94. The molecule has 0 aliphatic carbocycles. The van der Waals surface area contributed by atoms with Crippen LogP contribution in [0, 0.1) is 5.92 Å².